The first kappa shape index (κ1) is 18.2. The number of halogens is 1. The highest BCUT2D eigenvalue weighted by atomic mass is 19.1. The molecule has 4 nitrogen and oxygen atoms in total. The summed E-state index contributed by atoms with van der Waals surface area (Å²) in [5.41, 5.74) is 4.14. The fraction of sp³-hybridized carbons (Fsp3) is 0.217. The Morgan fingerprint density at radius 1 is 1.07 bits per heavy atom. The second-order valence-electron chi connectivity index (χ2n) is 7.16. The van der Waals surface area contributed by atoms with Crippen LogP contribution in [0.15, 0.2) is 66.7 Å². The normalized spacial score (nSPS) is 16.2. The van der Waals surface area contributed by atoms with Gasteiger partial charge < -0.3 is 10.2 Å². The van der Waals surface area contributed by atoms with Crippen LogP contribution < -0.4 is 5.32 Å². The molecule has 2 aromatic carbocycles. The number of aryl methyl sites for hydroxylation is 1. The molecule has 0 spiro atoms. The minimum Gasteiger partial charge on any atom is -0.355 e. The molecular weight excluding hydrogens is 353 g/mol. The van der Waals surface area contributed by atoms with Crippen molar-refractivity contribution in [1.29, 1.82) is 0 Å². The molecule has 1 saturated heterocycles. The number of hydrogen-bond donors (Lipinski definition) is 1. The maximum atomic E-state index is 13.4. The third-order valence-corrected chi connectivity index (χ3v) is 5.00. The predicted molar refractivity (Wildman–Crippen MR) is 108 cm³/mol. The van der Waals surface area contributed by atoms with Crippen molar-refractivity contribution in [2.75, 3.05) is 18.4 Å². The molecule has 0 aliphatic carbocycles. The summed E-state index contributed by atoms with van der Waals surface area (Å²) in [4.78, 5) is 19.3. The minimum atomic E-state index is -0.276. The van der Waals surface area contributed by atoms with E-state index < -0.39 is 0 Å². The van der Waals surface area contributed by atoms with Gasteiger partial charge in [-0.1, -0.05) is 24.3 Å². The Hall–Kier alpha value is -3.21. The van der Waals surface area contributed by atoms with E-state index in [0.717, 1.165) is 30.0 Å². The van der Waals surface area contributed by atoms with Crippen molar-refractivity contribution >= 4 is 17.3 Å². The van der Waals surface area contributed by atoms with Crippen LogP contribution in [0.4, 0.5) is 15.8 Å². The predicted octanol–water partition coefficient (Wildman–Crippen LogP) is 4.90. The van der Waals surface area contributed by atoms with E-state index in [4.69, 9.17) is 0 Å². The summed E-state index contributed by atoms with van der Waals surface area (Å²) < 4.78 is 13.4. The summed E-state index contributed by atoms with van der Waals surface area (Å²) in [5, 5.41) is 3.25. The summed E-state index contributed by atoms with van der Waals surface area (Å²) in [7, 11) is 0. The molecule has 0 bridgehead atoms. The van der Waals surface area contributed by atoms with Gasteiger partial charge in [0.05, 0.1) is 0 Å². The molecule has 1 amide bonds. The SMILES string of the molecule is Cc1cc(Nc2cccc(F)c2)cc([C@@H]2CCN(C(=O)c3ccccc3)C2)n1. The maximum Gasteiger partial charge on any atom is 0.253 e. The third kappa shape index (κ3) is 4.03. The lowest BCUT2D eigenvalue weighted by Gasteiger charge is -2.17. The smallest absolute Gasteiger partial charge is 0.253 e. The Bertz CT molecular complexity index is 990. The zero-order chi connectivity index (χ0) is 19.5. The first-order chi connectivity index (χ1) is 13.6. The molecule has 0 radical (unpaired) electrons. The number of pyridine rings is 1. The van der Waals surface area contributed by atoms with Crippen molar-refractivity contribution in [3.05, 3.63) is 89.5 Å². The Labute approximate surface area is 164 Å². The van der Waals surface area contributed by atoms with E-state index in [9.17, 15) is 9.18 Å². The van der Waals surface area contributed by atoms with Crippen molar-refractivity contribution in [3.63, 3.8) is 0 Å². The first-order valence-electron chi connectivity index (χ1n) is 9.44. The number of carbonyl (C=O) groups is 1. The molecule has 1 aliphatic rings. The van der Waals surface area contributed by atoms with Gasteiger partial charge in [-0.25, -0.2) is 4.39 Å². The monoisotopic (exact) mass is 375 g/mol. The van der Waals surface area contributed by atoms with Crippen molar-refractivity contribution < 1.29 is 9.18 Å². The summed E-state index contributed by atoms with van der Waals surface area (Å²) in [5.74, 6) is -0.0173. The highest BCUT2D eigenvalue weighted by molar-refractivity contribution is 5.94. The average Bonchev–Trinajstić information content (AvgIpc) is 3.18. The van der Waals surface area contributed by atoms with Crippen LogP contribution in [0.5, 0.6) is 0 Å². The van der Waals surface area contributed by atoms with Gasteiger partial charge in [0.15, 0.2) is 0 Å². The van der Waals surface area contributed by atoms with Gasteiger partial charge in [0.25, 0.3) is 5.91 Å². The van der Waals surface area contributed by atoms with Crippen LogP contribution in [0.1, 0.15) is 34.1 Å². The molecule has 0 unspecified atom stereocenters. The molecule has 0 saturated carbocycles. The standard InChI is InChI=1S/C23H22FN3O/c1-16-12-21(26-20-9-5-8-19(24)13-20)14-22(25-16)18-10-11-27(15-18)23(28)17-6-3-2-4-7-17/h2-9,12-14,18H,10-11,15H2,1H3,(H,25,26)/t18-/m1/s1. The maximum absolute atomic E-state index is 13.4. The highest BCUT2D eigenvalue weighted by Gasteiger charge is 2.29. The molecule has 5 heteroatoms. The largest absolute Gasteiger partial charge is 0.355 e. The molecule has 4 rings (SSSR count). The Morgan fingerprint density at radius 3 is 2.68 bits per heavy atom. The number of aromatic nitrogens is 1. The van der Waals surface area contributed by atoms with Crippen molar-refractivity contribution in [1.82, 2.24) is 9.88 Å². The number of hydrogen-bond acceptors (Lipinski definition) is 3. The van der Waals surface area contributed by atoms with Gasteiger partial charge >= 0.3 is 0 Å². The number of amides is 1. The Balaban J connectivity index is 1.50. The van der Waals surface area contributed by atoms with E-state index in [1.807, 2.05) is 60.4 Å². The van der Waals surface area contributed by atoms with Gasteiger partial charge in [-0.3, -0.25) is 9.78 Å². The summed E-state index contributed by atoms with van der Waals surface area (Å²) >= 11 is 0. The molecule has 28 heavy (non-hydrogen) atoms. The number of rotatable bonds is 4. The zero-order valence-electron chi connectivity index (χ0n) is 15.7. The Kier molecular flexibility index (Phi) is 5.06. The molecule has 1 N–H and O–H groups in total. The van der Waals surface area contributed by atoms with E-state index in [2.05, 4.69) is 10.3 Å². The number of nitrogens with one attached hydrogen (secondary N) is 1. The highest BCUT2D eigenvalue weighted by Crippen LogP contribution is 2.30. The van der Waals surface area contributed by atoms with Gasteiger partial charge in [-0.15, -0.1) is 0 Å². The van der Waals surface area contributed by atoms with Gasteiger partial charge in [0.1, 0.15) is 5.82 Å². The van der Waals surface area contributed by atoms with Gasteiger partial charge in [0, 0.05) is 47.3 Å². The summed E-state index contributed by atoms with van der Waals surface area (Å²) in [6, 6.07) is 19.7. The van der Waals surface area contributed by atoms with E-state index in [-0.39, 0.29) is 17.6 Å². The van der Waals surface area contributed by atoms with Gasteiger partial charge in [-0.05, 0) is 55.8 Å². The quantitative estimate of drug-likeness (QED) is 0.705. The molecule has 142 valence electrons. The lowest BCUT2D eigenvalue weighted by atomic mass is 10.0. The first-order valence-corrected chi connectivity index (χ1v) is 9.44. The molecule has 1 aliphatic heterocycles. The molecular formula is C23H22FN3O. The number of likely N-dealkylation sites (tertiary alicyclic amines) is 1. The Morgan fingerprint density at radius 2 is 1.89 bits per heavy atom. The fourth-order valence-corrected chi connectivity index (χ4v) is 3.66. The molecule has 1 fully saturated rings. The number of anilines is 2. The van der Waals surface area contributed by atoms with Crippen LogP contribution in [-0.4, -0.2) is 28.9 Å². The lowest BCUT2D eigenvalue weighted by Crippen LogP contribution is -2.28. The van der Waals surface area contributed by atoms with E-state index in [0.29, 0.717) is 17.8 Å². The molecule has 3 aromatic rings. The number of benzene rings is 2. The van der Waals surface area contributed by atoms with Crippen molar-refractivity contribution in [2.45, 2.75) is 19.3 Å². The lowest BCUT2D eigenvalue weighted by molar-refractivity contribution is 0.0790. The van der Waals surface area contributed by atoms with Crippen LogP contribution >= 0.6 is 0 Å². The van der Waals surface area contributed by atoms with E-state index in [1.54, 1.807) is 6.07 Å². The average molecular weight is 375 g/mol. The number of carbonyl (C=O) groups excluding carboxylic acids is 1. The van der Waals surface area contributed by atoms with E-state index >= 15 is 0 Å². The minimum absolute atomic E-state index is 0.0638. The second-order valence-corrected chi connectivity index (χ2v) is 7.16. The summed E-state index contributed by atoms with van der Waals surface area (Å²) in [6.07, 6.45) is 0.883. The molecule has 2 heterocycles. The van der Waals surface area contributed by atoms with Crippen LogP contribution in [0.2, 0.25) is 0 Å². The van der Waals surface area contributed by atoms with Crippen molar-refractivity contribution in [3.8, 4) is 0 Å². The second kappa shape index (κ2) is 7.80. The van der Waals surface area contributed by atoms with Gasteiger partial charge in [0.2, 0.25) is 0 Å². The van der Waals surface area contributed by atoms with Crippen molar-refractivity contribution in [2.24, 2.45) is 0 Å². The topological polar surface area (TPSA) is 45.2 Å². The molecule has 1 atom stereocenters. The van der Waals surface area contributed by atoms with Gasteiger partial charge in [-0.2, -0.15) is 0 Å². The fourth-order valence-electron chi connectivity index (χ4n) is 3.66. The zero-order valence-corrected chi connectivity index (χ0v) is 15.7. The van der Waals surface area contributed by atoms with Crippen LogP contribution in [0, 0.1) is 12.7 Å². The molecule has 1 aromatic heterocycles. The van der Waals surface area contributed by atoms with Crippen LogP contribution in [-0.2, 0) is 0 Å². The van der Waals surface area contributed by atoms with Crippen LogP contribution in [0.3, 0.4) is 0 Å². The summed E-state index contributed by atoms with van der Waals surface area (Å²) in [6.45, 7) is 3.33. The third-order valence-electron chi connectivity index (χ3n) is 5.00. The van der Waals surface area contributed by atoms with Crippen LogP contribution in [0.25, 0.3) is 0 Å². The van der Waals surface area contributed by atoms with E-state index in [1.165, 1.54) is 12.1 Å². The number of nitrogens with zero attached hydrogens (tertiary/aromatic N) is 2.